The van der Waals surface area contributed by atoms with Gasteiger partial charge in [0, 0.05) is 19.4 Å². The zero-order valence-corrected chi connectivity index (χ0v) is 9.81. The minimum absolute atomic E-state index is 0.0507. The van der Waals surface area contributed by atoms with Gasteiger partial charge in [0.25, 0.3) is 0 Å². The molecule has 0 saturated carbocycles. The van der Waals surface area contributed by atoms with Crippen molar-refractivity contribution >= 4 is 16.5 Å². The molecule has 0 radical (unpaired) electrons. The summed E-state index contributed by atoms with van der Waals surface area (Å²) < 4.78 is 0. The number of aliphatic hydroxyl groups is 1. The molecule has 0 unspecified atom stereocenters. The van der Waals surface area contributed by atoms with Crippen molar-refractivity contribution in [3.8, 4) is 0 Å². The molecule has 1 N–H and O–H groups in total. The van der Waals surface area contributed by atoms with E-state index in [1.165, 1.54) is 11.3 Å². The van der Waals surface area contributed by atoms with E-state index in [2.05, 4.69) is 9.97 Å². The SMILES string of the molecule is CN(Cc1ccccn1)c1ncc(CO)s1. The van der Waals surface area contributed by atoms with Gasteiger partial charge in [0.15, 0.2) is 5.13 Å². The third kappa shape index (κ3) is 2.56. The predicted octanol–water partition coefficient (Wildman–Crippen LogP) is 1.67. The number of hydrogen-bond donors (Lipinski definition) is 1. The first-order valence-corrected chi connectivity index (χ1v) is 5.78. The fraction of sp³-hybridized carbons (Fsp3) is 0.273. The van der Waals surface area contributed by atoms with Crippen molar-refractivity contribution in [2.75, 3.05) is 11.9 Å². The Hall–Kier alpha value is -1.46. The summed E-state index contributed by atoms with van der Waals surface area (Å²) in [6.07, 6.45) is 3.49. The highest BCUT2D eigenvalue weighted by Gasteiger charge is 2.07. The molecule has 0 aliphatic rings. The van der Waals surface area contributed by atoms with Gasteiger partial charge < -0.3 is 10.0 Å². The minimum atomic E-state index is 0.0507. The second-order valence-corrected chi connectivity index (χ2v) is 4.54. The number of hydrogen-bond acceptors (Lipinski definition) is 5. The Morgan fingerprint density at radius 2 is 2.25 bits per heavy atom. The van der Waals surface area contributed by atoms with Gasteiger partial charge in [0.1, 0.15) is 0 Å². The molecule has 2 aromatic heterocycles. The van der Waals surface area contributed by atoms with E-state index in [1.54, 1.807) is 12.4 Å². The van der Waals surface area contributed by atoms with Gasteiger partial charge in [-0.1, -0.05) is 17.4 Å². The zero-order valence-electron chi connectivity index (χ0n) is 9.00. The normalized spacial score (nSPS) is 10.4. The lowest BCUT2D eigenvalue weighted by Crippen LogP contribution is -2.16. The van der Waals surface area contributed by atoms with Crippen LogP contribution in [0.5, 0.6) is 0 Å². The molecule has 2 aromatic rings. The lowest BCUT2D eigenvalue weighted by atomic mass is 10.3. The van der Waals surface area contributed by atoms with Crippen LogP contribution in [0.15, 0.2) is 30.6 Å². The Kier molecular flexibility index (Phi) is 3.48. The molecular weight excluding hydrogens is 222 g/mol. The lowest BCUT2D eigenvalue weighted by Gasteiger charge is -2.14. The summed E-state index contributed by atoms with van der Waals surface area (Å²) in [5, 5.41) is 9.86. The third-order valence-corrected chi connectivity index (χ3v) is 3.25. The summed E-state index contributed by atoms with van der Waals surface area (Å²) in [5.41, 5.74) is 1.01. The number of aliphatic hydroxyl groups excluding tert-OH is 1. The summed E-state index contributed by atoms with van der Waals surface area (Å²) in [4.78, 5) is 11.4. The first-order chi connectivity index (χ1) is 7.79. The highest BCUT2D eigenvalue weighted by atomic mass is 32.1. The maximum atomic E-state index is 8.96. The van der Waals surface area contributed by atoms with E-state index in [1.807, 2.05) is 30.1 Å². The third-order valence-electron chi connectivity index (χ3n) is 2.15. The van der Waals surface area contributed by atoms with Gasteiger partial charge in [-0.05, 0) is 12.1 Å². The van der Waals surface area contributed by atoms with Gasteiger partial charge in [0.2, 0.25) is 0 Å². The molecule has 2 heterocycles. The number of pyridine rings is 1. The van der Waals surface area contributed by atoms with Crippen LogP contribution in [-0.4, -0.2) is 22.1 Å². The van der Waals surface area contributed by atoms with Crippen molar-refractivity contribution in [3.05, 3.63) is 41.2 Å². The molecule has 0 fully saturated rings. The lowest BCUT2D eigenvalue weighted by molar-refractivity contribution is 0.285. The van der Waals surface area contributed by atoms with Crippen molar-refractivity contribution in [1.29, 1.82) is 0 Å². The first kappa shape index (κ1) is 11.0. The molecule has 4 nitrogen and oxygen atoms in total. The van der Waals surface area contributed by atoms with Crippen LogP contribution in [0.1, 0.15) is 10.6 Å². The molecule has 0 spiro atoms. The molecule has 0 saturated heterocycles. The van der Waals surface area contributed by atoms with E-state index in [-0.39, 0.29) is 6.61 Å². The van der Waals surface area contributed by atoms with Crippen molar-refractivity contribution in [3.63, 3.8) is 0 Å². The fourth-order valence-corrected chi connectivity index (χ4v) is 2.08. The van der Waals surface area contributed by atoms with Gasteiger partial charge in [-0.2, -0.15) is 0 Å². The van der Waals surface area contributed by atoms with E-state index in [9.17, 15) is 0 Å². The largest absolute Gasteiger partial charge is 0.391 e. The quantitative estimate of drug-likeness (QED) is 0.875. The van der Waals surface area contributed by atoms with E-state index < -0.39 is 0 Å². The molecule has 0 bridgehead atoms. The van der Waals surface area contributed by atoms with Crippen LogP contribution in [0, 0.1) is 0 Å². The van der Waals surface area contributed by atoms with Gasteiger partial charge in [-0.3, -0.25) is 4.98 Å². The summed E-state index contributed by atoms with van der Waals surface area (Å²) in [6, 6.07) is 5.85. The van der Waals surface area contributed by atoms with Crippen LogP contribution in [-0.2, 0) is 13.2 Å². The molecule has 16 heavy (non-hydrogen) atoms. The molecular formula is C11H13N3OS. The first-order valence-electron chi connectivity index (χ1n) is 4.96. The smallest absolute Gasteiger partial charge is 0.185 e. The second-order valence-electron chi connectivity index (χ2n) is 3.44. The van der Waals surface area contributed by atoms with E-state index in [0.717, 1.165) is 22.2 Å². The average Bonchev–Trinajstić information content (AvgIpc) is 2.79. The van der Waals surface area contributed by atoms with E-state index in [0.29, 0.717) is 0 Å². The van der Waals surface area contributed by atoms with Crippen LogP contribution >= 0.6 is 11.3 Å². The topological polar surface area (TPSA) is 49.2 Å². The number of aromatic nitrogens is 2. The predicted molar refractivity (Wildman–Crippen MR) is 64.4 cm³/mol. The molecule has 0 atom stereocenters. The average molecular weight is 235 g/mol. The molecule has 0 amide bonds. The fourth-order valence-electron chi connectivity index (χ4n) is 1.35. The van der Waals surface area contributed by atoms with Gasteiger partial charge in [0.05, 0.1) is 23.7 Å². The van der Waals surface area contributed by atoms with E-state index in [4.69, 9.17) is 5.11 Å². The summed E-state index contributed by atoms with van der Waals surface area (Å²) in [5.74, 6) is 0. The van der Waals surface area contributed by atoms with Crippen LogP contribution in [0.4, 0.5) is 5.13 Å². The van der Waals surface area contributed by atoms with Crippen LogP contribution in [0.25, 0.3) is 0 Å². The highest BCUT2D eigenvalue weighted by Crippen LogP contribution is 2.22. The standard InChI is InChI=1S/C11H13N3OS/c1-14(7-9-4-2-3-5-12-9)11-13-6-10(8-15)16-11/h2-6,15H,7-8H2,1H3. The van der Waals surface area contributed by atoms with Crippen molar-refractivity contribution in [2.24, 2.45) is 0 Å². The van der Waals surface area contributed by atoms with Gasteiger partial charge in [-0.15, -0.1) is 0 Å². The number of rotatable bonds is 4. The number of nitrogens with zero attached hydrogens (tertiary/aromatic N) is 3. The van der Waals surface area contributed by atoms with Crippen molar-refractivity contribution < 1.29 is 5.11 Å². The van der Waals surface area contributed by atoms with E-state index >= 15 is 0 Å². The van der Waals surface area contributed by atoms with Crippen molar-refractivity contribution in [1.82, 2.24) is 9.97 Å². The molecule has 0 aliphatic heterocycles. The molecule has 84 valence electrons. The molecule has 5 heteroatoms. The number of thiazole rings is 1. The Labute approximate surface area is 98.2 Å². The Bertz CT molecular complexity index is 444. The maximum absolute atomic E-state index is 8.96. The molecule has 2 rings (SSSR count). The Morgan fingerprint density at radius 1 is 1.38 bits per heavy atom. The zero-order chi connectivity index (χ0) is 11.4. The van der Waals surface area contributed by atoms with Crippen LogP contribution in [0.3, 0.4) is 0 Å². The van der Waals surface area contributed by atoms with Crippen molar-refractivity contribution in [2.45, 2.75) is 13.2 Å². The Balaban J connectivity index is 2.05. The maximum Gasteiger partial charge on any atom is 0.185 e. The summed E-state index contributed by atoms with van der Waals surface area (Å²) in [6.45, 7) is 0.772. The van der Waals surface area contributed by atoms with Gasteiger partial charge in [-0.25, -0.2) is 4.98 Å². The highest BCUT2D eigenvalue weighted by molar-refractivity contribution is 7.15. The minimum Gasteiger partial charge on any atom is -0.391 e. The summed E-state index contributed by atoms with van der Waals surface area (Å²) in [7, 11) is 1.97. The summed E-state index contributed by atoms with van der Waals surface area (Å²) >= 11 is 1.50. The van der Waals surface area contributed by atoms with Crippen LogP contribution in [0.2, 0.25) is 0 Å². The monoisotopic (exact) mass is 235 g/mol. The Morgan fingerprint density at radius 3 is 2.88 bits per heavy atom. The van der Waals surface area contributed by atoms with Gasteiger partial charge >= 0.3 is 0 Å². The number of anilines is 1. The second kappa shape index (κ2) is 5.05. The molecule has 0 aliphatic carbocycles. The molecule has 0 aromatic carbocycles. The van der Waals surface area contributed by atoms with Crippen LogP contribution < -0.4 is 4.90 Å².